The summed E-state index contributed by atoms with van der Waals surface area (Å²) in [6.07, 6.45) is 11.1. The lowest BCUT2D eigenvalue weighted by Crippen LogP contribution is -2.50. The van der Waals surface area contributed by atoms with Gasteiger partial charge in [0.25, 0.3) is 0 Å². The van der Waals surface area contributed by atoms with E-state index in [2.05, 4.69) is 83.1 Å². The first-order chi connectivity index (χ1) is 18.2. The first-order valence-electron chi connectivity index (χ1n) is 16.6. The predicted octanol–water partition coefficient (Wildman–Crippen LogP) is 9.59. The van der Waals surface area contributed by atoms with E-state index in [1.54, 1.807) is 0 Å². The fourth-order valence-corrected chi connectivity index (χ4v) is 5.60. The van der Waals surface area contributed by atoms with E-state index < -0.39 is 0 Å². The lowest BCUT2D eigenvalue weighted by molar-refractivity contribution is -0.173. The Balaban J connectivity index is 0.000000292. The average Bonchev–Trinajstić information content (AvgIpc) is 2.73. The van der Waals surface area contributed by atoms with E-state index in [4.69, 9.17) is 18.9 Å². The third kappa shape index (κ3) is 12.3. The summed E-state index contributed by atoms with van der Waals surface area (Å²) in [6.45, 7) is 32.3. The summed E-state index contributed by atoms with van der Waals surface area (Å²) < 4.78 is 22.6. The molecule has 4 heteroatoms. The van der Waals surface area contributed by atoms with Crippen LogP contribution in [0.5, 0.6) is 0 Å². The fourth-order valence-electron chi connectivity index (χ4n) is 5.60. The number of ether oxygens (including phenoxy) is 4. The molecule has 0 bridgehead atoms. The van der Waals surface area contributed by atoms with Gasteiger partial charge in [-0.3, -0.25) is 0 Å². The minimum atomic E-state index is 0.259. The molecule has 0 radical (unpaired) electrons. The maximum Gasteiger partial charge on any atom is 0.0705 e. The Hall–Kier alpha value is -0.160. The molecule has 4 nitrogen and oxygen atoms in total. The Bertz CT molecular complexity index is 525. The summed E-state index contributed by atoms with van der Waals surface area (Å²) in [5, 5.41) is 0. The highest BCUT2D eigenvalue weighted by atomic mass is 16.5. The van der Waals surface area contributed by atoms with Crippen molar-refractivity contribution in [1.29, 1.82) is 0 Å². The van der Waals surface area contributed by atoms with Crippen molar-refractivity contribution in [2.75, 3.05) is 39.6 Å². The molecule has 0 aromatic rings. The zero-order valence-electron chi connectivity index (χ0n) is 28.5. The SMILES string of the molecule is CC(C)CCOC1(C(C)C)CCC1.CC(C)COCC1(C(C)C)COC1.CC(C)OCCC1(C(C)C)CCC1. The van der Waals surface area contributed by atoms with Crippen LogP contribution in [-0.2, 0) is 18.9 Å². The summed E-state index contributed by atoms with van der Waals surface area (Å²) in [4.78, 5) is 0. The van der Waals surface area contributed by atoms with Crippen LogP contribution in [0.15, 0.2) is 0 Å². The topological polar surface area (TPSA) is 36.9 Å². The Kier molecular flexibility index (Phi) is 16.7. The van der Waals surface area contributed by atoms with Gasteiger partial charge in [-0.05, 0) is 93.8 Å². The van der Waals surface area contributed by atoms with E-state index >= 15 is 0 Å². The predicted molar refractivity (Wildman–Crippen MR) is 167 cm³/mol. The van der Waals surface area contributed by atoms with Gasteiger partial charge in [-0.1, -0.05) is 75.7 Å². The molecule has 3 aliphatic rings. The summed E-state index contributed by atoms with van der Waals surface area (Å²) in [7, 11) is 0. The molecule has 3 rings (SSSR count). The summed E-state index contributed by atoms with van der Waals surface area (Å²) in [5.41, 5.74) is 1.21. The van der Waals surface area contributed by atoms with Crippen molar-refractivity contribution in [2.24, 2.45) is 40.4 Å². The van der Waals surface area contributed by atoms with Crippen molar-refractivity contribution in [1.82, 2.24) is 0 Å². The van der Waals surface area contributed by atoms with Gasteiger partial charge in [-0.2, -0.15) is 0 Å². The van der Waals surface area contributed by atoms with E-state index in [0.29, 0.717) is 34.7 Å². The molecule has 3 fully saturated rings. The van der Waals surface area contributed by atoms with Gasteiger partial charge in [0.2, 0.25) is 0 Å². The highest BCUT2D eigenvalue weighted by molar-refractivity contribution is 4.92. The average molecular weight is 555 g/mol. The molecular weight excluding hydrogens is 484 g/mol. The van der Waals surface area contributed by atoms with E-state index in [9.17, 15) is 0 Å². The van der Waals surface area contributed by atoms with Crippen LogP contribution in [0, 0.1) is 40.4 Å². The molecular formula is C35H70O4. The first kappa shape index (κ1) is 36.9. The maximum absolute atomic E-state index is 6.04. The lowest BCUT2D eigenvalue weighted by Gasteiger charge is -2.45. The molecule has 0 aromatic heterocycles. The van der Waals surface area contributed by atoms with Crippen molar-refractivity contribution in [3.63, 3.8) is 0 Å². The van der Waals surface area contributed by atoms with Gasteiger partial charge >= 0.3 is 0 Å². The lowest BCUT2D eigenvalue weighted by atomic mass is 9.60. The highest BCUT2D eigenvalue weighted by Crippen LogP contribution is 2.49. The van der Waals surface area contributed by atoms with Crippen molar-refractivity contribution < 1.29 is 18.9 Å². The van der Waals surface area contributed by atoms with Crippen LogP contribution < -0.4 is 0 Å². The number of rotatable bonds is 15. The molecule has 0 amide bonds. The van der Waals surface area contributed by atoms with Crippen LogP contribution in [0.3, 0.4) is 0 Å². The Labute approximate surface area is 245 Å². The molecule has 0 spiro atoms. The summed E-state index contributed by atoms with van der Waals surface area (Å²) in [6, 6.07) is 0. The molecule has 2 saturated carbocycles. The molecule has 2 aliphatic carbocycles. The minimum Gasteiger partial charge on any atom is -0.380 e. The Morgan fingerprint density at radius 3 is 1.51 bits per heavy atom. The van der Waals surface area contributed by atoms with Crippen LogP contribution in [0.25, 0.3) is 0 Å². The van der Waals surface area contributed by atoms with Crippen LogP contribution in [-0.4, -0.2) is 51.3 Å². The monoisotopic (exact) mass is 555 g/mol. The Morgan fingerprint density at radius 2 is 1.21 bits per heavy atom. The second-order valence-electron chi connectivity index (χ2n) is 15.1. The first-order valence-corrected chi connectivity index (χ1v) is 16.6. The molecule has 234 valence electrons. The molecule has 1 aliphatic heterocycles. The largest absolute Gasteiger partial charge is 0.380 e. The quantitative estimate of drug-likeness (QED) is 0.202. The van der Waals surface area contributed by atoms with Crippen LogP contribution in [0.2, 0.25) is 0 Å². The van der Waals surface area contributed by atoms with Gasteiger partial charge < -0.3 is 18.9 Å². The van der Waals surface area contributed by atoms with E-state index in [0.717, 1.165) is 51.5 Å². The highest BCUT2D eigenvalue weighted by Gasteiger charge is 2.42. The molecule has 0 N–H and O–H groups in total. The fraction of sp³-hybridized carbons (Fsp3) is 1.00. The molecule has 0 atom stereocenters. The molecule has 0 unspecified atom stereocenters. The van der Waals surface area contributed by atoms with Gasteiger partial charge in [0, 0.05) is 25.2 Å². The third-order valence-electron chi connectivity index (χ3n) is 9.81. The summed E-state index contributed by atoms with van der Waals surface area (Å²) >= 11 is 0. The van der Waals surface area contributed by atoms with Crippen LogP contribution in [0.4, 0.5) is 0 Å². The zero-order chi connectivity index (χ0) is 29.7. The molecule has 0 aromatic carbocycles. The van der Waals surface area contributed by atoms with Gasteiger partial charge in [-0.25, -0.2) is 0 Å². The number of hydrogen-bond donors (Lipinski definition) is 0. The van der Waals surface area contributed by atoms with E-state index in [-0.39, 0.29) is 5.60 Å². The van der Waals surface area contributed by atoms with Crippen molar-refractivity contribution >= 4 is 0 Å². The minimum absolute atomic E-state index is 0.259. The number of hydrogen-bond acceptors (Lipinski definition) is 4. The van der Waals surface area contributed by atoms with E-state index in [1.165, 1.54) is 51.4 Å². The Morgan fingerprint density at radius 1 is 0.641 bits per heavy atom. The van der Waals surface area contributed by atoms with Crippen LogP contribution in [0.1, 0.15) is 134 Å². The van der Waals surface area contributed by atoms with E-state index in [1.807, 2.05) is 0 Å². The van der Waals surface area contributed by atoms with Gasteiger partial charge in [0.15, 0.2) is 0 Å². The molecule has 1 heterocycles. The molecule has 39 heavy (non-hydrogen) atoms. The normalized spacial score (nSPS) is 20.8. The van der Waals surface area contributed by atoms with Crippen LogP contribution >= 0.6 is 0 Å². The third-order valence-corrected chi connectivity index (χ3v) is 9.81. The van der Waals surface area contributed by atoms with Crippen molar-refractivity contribution in [2.45, 2.75) is 146 Å². The molecule has 1 saturated heterocycles. The second-order valence-corrected chi connectivity index (χ2v) is 15.1. The van der Waals surface area contributed by atoms with Gasteiger partial charge in [-0.15, -0.1) is 0 Å². The maximum atomic E-state index is 6.04. The zero-order valence-corrected chi connectivity index (χ0v) is 28.5. The standard InChI is InChI=1S/2C12H24O.C11H22O2/c1-10(2)6-9-13-12(11(3)4)7-5-8-12;1-10(2)12(6-5-7-12)8-9-13-11(3)4;1-9(2)5-12-6-11(10(3)4)7-13-8-11/h2*10-11H,5-9H2,1-4H3;9-10H,5-8H2,1-4H3. The second kappa shape index (κ2) is 17.7. The van der Waals surface area contributed by atoms with Gasteiger partial charge in [0.1, 0.15) is 0 Å². The van der Waals surface area contributed by atoms with Crippen molar-refractivity contribution in [3.05, 3.63) is 0 Å². The van der Waals surface area contributed by atoms with Gasteiger partial charge in [0.05, 0.1) is 31.5 Å². The van der Waals surface area contributed by atoms with Crippen molar-refractivity contribution in [3.8, 4) is 0 Å². The summed E-state index contributed by atoms with van der Waals surface area (Å²) in [5.74, 6) is 3.58. The smallest absolute Gasteiger partial charge is 0.0705 e.